The Kier molecular flexibility index (Phi) is 11.1. The van der Waals surface area contributed by atoms with Crippen molar-refractivity contribution < 1.29 is 22.4 Å². The standard InChI is InChI=1S/C32H40FN3O4S/c1-6-8-19-34-32(38)30(7-2)35(21-26-12-14-27(33)15-13-26)31(37)22-36(28-16-11-24(4)25(5)20-28)41(39,40)29-17-9-23(3)10-18-29/h9-18,20,30H,6-8,19,21-22H2,1-5H3,(H,34,38)/t30-/m0/s1. The molecule has 1 atom stereocenters. The molecule has 0 aliphatic heterocycles. The average molecular weight is 582 g/mol. The maximum Gasteiger partial charge on any atom is 0.264 e. The average Bonchev–Trinajstić information content (AvgIpc) is 2.94. The highest BCUT2D eigenvalue weighted by Crippen LogP contribution is 2.27. The number of benzene rings is 3. The van der Waals surface area contributed by atoms with Gasteiger partial charge in [-0.2, -0.15) is 0 Å². The van der Waals surface area contributed by atoms with Gasteiger partial charge < -0.3 is 10.2 Å². The van der Waals surface area contributed by atoms with E-state index < -0.39 is 34.3 Å². The number of unbranched alkanes of at least 4 members (excludes halogenated alkanes) is 1. The Morgan fingerprint density at radius 3 is 2.15 bits per heavy atom. The van der Waals surface area contributed by atoms with Gasteiger partial charge in [0, 0.05) is 13.1 Å². The zero-order chi connectivity index (χ0) is 30.2. The Morgan fingerprint density at radius 1 is 0.902 bits per heavy atom. The number of anilines is 1. The van der Waals surface area contributed by atoms with Crippen LogP contribution in [0.4, 0.5) is 10.1 Å². The minimum absolute atomic E-state index is 0.0180. The SMILES string of the molecule is CCCCNC(=O)[C@H](CC)N(Cc1ccc(F)cc1)C(=O)CN(c1ccc(C)c(C)c1)S(=O)(=O)c1ccc(C)cc1. The third-order valence-electron chi connectivity index (χ3n) is 7.15. The molecule has 0 saturated carbocycles. The first-order chi connectivity index (χ1) is 19.5. The van der Waals surface area contributed by atoms with Gasteiger partial charge in [-0.25, -0.2) is 12.8 Å². The van der Waals surface area contributed by atoms with Crippen LogP contribution in [-0.2, 0) is 26.2 Å². The first-order valence-electron chi connectivity index (χ1n) is 14.0. The number of halogens is 1. The van der Waals surface area contributed by atoms with E-state index in [2.05, 4.69) is 5.32 Å². The summed E-state index contributed by atoms with van der Waals surface area (Å²) in [6.07, 6.45) is 2.01. The summed E-state index contributed by atoms with van der Waals surface area (Å²) >= 11 is 0. The van der Waals surface area contributed by atoms with Gasteiger partial charge in [-0.3, -0.25) is 13.9 Å². The summed E-state index contributed by atoms with van der Waals surface area (Å²) in [5.74, 6) is -1.27. The molecule has 220 valence electrons. The molecule has 1 N–H and O–H groups in total. The van der Waals surface area contributed by atoms with E-state index in [1.165, 1.54) is 29.2 Å². The minimum Gasteiger partial charge on any atom is -0.354 e. The summed E-state index contributed by atoms with van der Waals surface area (Å²) in [7, 11) is -4.14. The van der Waals surface area contributed by atoms with Crippen LogP contribution in [0.15, 0.2) is 71.6 Å². The molecule has 0 aromatic heterocycles. The molecular formula is C32H40FN3O4S. The molecule has 0 bridgehead atoms. The van der Waals surface area contributed by atoms with Crippen LogP contribution in [0.1, 0.15) is 55.4 Å². The lowest BCUT2D eigenvalue weighted by Gasteiger charge is -2.33. The van der Waals surface area contributed by atoms with Crippen molar-refractivity contribution in [2.75, 3.05) is 17.4 Å². The van der Waals surface area contributed by atoms with Crippen molar-refractivity contribution in [3.63, 3.8) is 0 Å². The monoisotopic (exact) mass is 581 g/mol. The van der Waals surface area contributed by atoms with Gasteiger partial charge in [-0.1, -0.05) is 56.2 Å². The van der Waals surface area contributed by atoms with Gasteiger partial charge in [0.25, 0.3) is 10.0 Å². The fraction of sp³-hybridized carbons (Fsp3) is 0.375. The fourth-order valence-corrected chi connectivity index (χ4v) is 5.87. The zero-order valence-corrected chi connectivity index (χ0v) is 25.3. The van der Waals surface area contributed by atoms with Gasteiger partial charge in [-0.05, 0) is 86.7 Å². The Bertz CT molecular complexity index is 1440. The van der Waals surface area contributed by atoms with Gasteiger partial charge in [0.1, 0.15) is 18.4 Å². The molecule has 3 rings (SSSR count). The summed E-state index contributed by atoms with van der Waals surface area (Å²) in [6.45, 7) is 9.47. The molecule has 0 saturated heterocycles. The number of aryl methyl sites for hydroxylation is 3. The van der Waals surface area contributed by atoms with Crippen LogP contribution >= 0.6 is 0 Å². The molecule has 0 spiro atoms. The molecule has 7 nitrogen and oxygen atoms in total. The molecule has 0 unspecified atom stereocenters. The topological polar surface area (TPSA) is 86.8 Å². The molecule has 3 aromatic carbocycles. The van der Waals surface area contributed by atoms with E-state index in [0.29, 0.717) is 24.2 Å². The van der Waals surface area contributed by atoms with Crippen molar-refractivity contribution in [2.45, 2.75) is 71.4 Å². The molecule has 3 aromatic rings. The predicted octanol–water partition coefficient (Wildman–Crippen LogP) is 5.67. The number of rotatable bonds is 13. The smallest absolute Gasteiger partial charge is 0.264 e. The molecule has 0 radical (unpaired) electrons. The van der Waals surface area contributed by atoms with Crippen LogP contribution in [0.2, 0.25) is 0 Å². The Labute approximate surface area is 243 Å². The minimum atomic E-state index is -4.14. The number of sulfonamides is 1. The Balaban J connectivity index is 2.05. The second-order valence-corrected chi connectivity index (χ2v) is 12.2. The summed E-state index contributed by atoms with van der Waals surface area (Å²) in [5, 5.41) is 2.90. The van der Waals surface area contributed by atoms with Crippen LogP contribution < -0.4 is 9.62 Å². The number of hydrogen-bond acceptors (Lipinski definition) is 4. The van der Waals surface area contributed by atoms with Crippen LogP contribution in [0, 0.1) is 26.6 Å². The number of amides is 2. The van der Waals surface area contributed by atoms with Gasteiger partial charge in [0.05, 0.1) is 10.6 Å². The summed E-state index contributed by atoms with van der Waals surface area (Å²) in [6, 6.07) is 16.6. The summed E-state index contributed by atoms with van der Waals surface area (Å²) in [4.78, 5) is 28.8. The first-order valence-corrected chi connectivity index (χ1v) is 15.4. The second-order valence-electron chi connectivity index (χ2n) is 10.3. The Hall–Kier alpha value is -3.72. The highest BCUT2D eigenvalue weighted by atomic mass is 32.2. The van der Waals surface area contributed by atoms with Crippen molar-refractivity contribution in [2.24, 2.45) is 0 Å². The van der Waals surface area contributed by atoms with Gasteiger partial charge in [-0.15, -0.1) is 0 Å². The normalized spacial score (nSPS) is 12.0. The van der Waals surface area contributed by atoms with E-state index in [1.807, 2.05) is 33.8 Å². The second kappa shape index (κ2) is 14.3. The van der Waals surface area contributed by atoms with E-state index in [4.69, 9.17) is 0 Å². The van der Waals surface area contributed by atoms with Gasteiger partial charge in [0.2, 0.25) is 11.8 Å². The van der Waals surface area contributed by atoms with Crippen LogP contribution in [0.25, 0.3) is 0 Å². The van der Waals surface area contributed by atoms with Crippen LogP contribution in [-0.4, -0.2) is 44.3 Å². The van der Waals surface area contributed by atoms with E-state index in [9.17, 15) is 22.4 Å². The fourth-order valence-electron chi connectivity index (χ4n) is 4.46. The highest BCUT2D eigenvalue weighted by molar-refractivity contribution is 7.92. The van der Waals surface area contributed by atoms with Gasteiger partial charge >= 0.3 is 0 Å². The highest BCUT2D eigenvalue weighted by Gasteiger charge is 2.33. The number of nitrogens with one attached hydrogen (secondary N) is 1. The number of nitrogens with zero attached hydrogens (tertiary/aromatic N) is 2. The first kappa shape index (κ1) is 31.8. The van der Waals surface area contributed by atoms with E-state index in [-0.39, 0.29) is 17.3 Å². The molecule has 2 amide bonds. The summed E-state index contributed by atoms with van der Waals surface area (Å²) in [5.41, 5.74) is 3.75. The molecule has 0 aliphatic carbocycles. The molecule has 9 heteroatoms. The number of carbonyl (C=O) groups excluding carboxylic acids is 2. The lowest BCUT2D eigenvalue weighted by molar-refractivity contribution is -0.140. The van der Waals surface area contributed by atoms with Crippen molar-refractivity contribution in [1.82, 2.24) is 10.2 Å². The largest absolute Gasteiger partial charge is 0.354 e. The molecule has 0 aliphatic rings. The third kappa shape index (κ3) is 8.16. The van der Waals surface area contributed by atoms with Crippen LogP contribution in [0.3, 0.4) is 0 Å². The number of carbonyl (C=O) groups is 2. The maximum atomic E-state index is 14.1. The van der Waals surface area contributed by atoms with Crippen molar-refractivity contribution in [3.8, 4) is 0 Å². The predicted molar refractivity (Wildman–Crippen MR) is 161 cm³/mol. The van der Waals surface area contributed by atoms with Crippen molar-refractivity contribution in [1.29, 1.82) is 0 Å². The van der Waals surface area contributed by atoms with Crippen LogP contribution in [0.5, 0.6) is 0 Å². The summed E-state index contributed by atoms with van der Waals surface area (Å²) < 4.78 is 42.7. The lowest BCUT2D eigenvalue weighted by Crippen LogP contribution is -2.52. The third-order valence-corrected chi connectivity index (χ3v) is 8.94. The zero-order valence-electron chi connectivity index (χ0n) is 24.5. The maximum absolute atomic E-state index is 14.1. The molecule has 0 heterocycles. The van der Waals surface area contributed by atoms with Crippen molar-refractivity contribution >= 4 is 27.5 Å². The molecular weight excluding hydrogens is 541 g/mol. The van der Waals surface area contributed by atoms with E-state index in [1.54, 1.807) is 43.3 Å². The van der Waals surface area contributed by atoms with Gasteiger partial charge in [0.15, 0.2) is 0 Å². The molecule has 41 heavy (non-hydrogen) atoms. The quantitative estimate of drug-likeness (QED) is 0.264. The molecule has 0 fully saturated rings. The van der Waals surface area contributed by atoms with E-state index in [0.717, 1.165) is 33.8 Å². The Morgan fingerprint density at radius 2 is 1.56 bits per heavy atom. The van der Waals surface area contributed by atoms with Crippen molar-refractivity contribution in [3.05, 3.63) is 94.8 Å². The lowest BCUT2D eigenvalue weighted by atomic mass is 10.1. The number of hydrogen-bond donors (Lipinski definition) is 1. The van der Waals surface area contributed by atoms with E-state index >= 15 is 0 Å².